The smallest absolute Gasteiger partial charge is 0.272 e. The molecule has 0 atom stereocenters. The zero-order valence-electron chi connectivity index (χ0n) is 6.78. The number of rotatable bonds is 2. The van der Waals surface area contributed by atoms with Crippen molar-refractivity contribution in [2.75, 3.05) is 0 Å². The topological polar surface area (TPSA) is 81.5 Å². The maximum Gasteiger partial charge on any atom is 0.272 e. The number of hydrazone groups is 1. The summed E-state index contributed by atoms with van der Waals surface area (Å²) in [5.74, 6) is 4.91. The van der Waals surface area contributed by atoms with Crippen molar-refractivity contribution in [2.45, 2.75) is 0 Å². The number of nitrogens with two attached hydrogens (primary N) is 1. The minimum absolute atomic E-state index is 0.137. The first-order valence-electron chi connectivity index (χ1n) is 3.43. The first-order chi connectivity index (χ1) is 6.56. The second kappa shape index (κ2) is 4.26. The zero-order valence-corrected chi connectivity index (χ0v) is 8.29. The SMILES string of the molecule is NN=Cc1c(Cl)cc([N+](=O)[O-])cc1Cl. The minimum Gasteiger partial charge on any atom is -0.323 e. The van der Waals surface area contributed by atoms with Gasteiger partial charge in [0.2, 0.25) is 0 Å². The van der Waals surface area contributed by atoms with Crippen molar-refractivity contribution >= 4 is 35.1 Å². The van der Waals surface area contributed by atoms with E-state index in [0.717, 1.165) is 0 Å². The van der Waals surface area contributed by atoms with Gasteiger partial charge in [-0.2, -0.15) is 5.10 Å². The molecule has 1 aromatic carbocycles. The van der Waals surface area contributed by atoms with Crippen LogP contribution in [0.1, 0.15) is 5.56 Å². The van der Waals surface area contributed by atoms with Gasteiger partial charge in [-0.3, -0.25) is 10.1 Å². The largest absolute Gasteiger partial charge is 0.323 e. The second-order valence-electron chi connectivity index (χ2n) is 2.36. The number of nitrogens with zero attached hydrogens (tertiary/aromatic N) is 2. The fourth-order valence-electron chi connectivity index (χ4n) is 0.874. The summed E-state index contributed by atoms with van der Waals surface area (Å²) < 4.78 is 0. The highest BCUT2D eigenvalue weighted by Crippen LogP contribution is 2.28. The van der Waals surface area contributed by atoms with Crippen LogP contribution in [-0.2, 0) is 0 Å². The molecule has 0 amide bonds. The van der Waals surface area contributed by atoms with E-state index in [9.17, 15) is 10.1 Å². The van der Waals surface area contributed by atoms with Gasteiger partial charge in [0.25, 0.3) is 5.69 Å². The number of hydrogen-bond acceptors (Lipinski definition) is 4. The molecule has 0 aromatic heterocycles. The molecule has 7 heteroatoms. The van der Waals surface area contributed by atoms with Crippen LogP contribution in [0.25, 0.3) is 0 Å². The maximum atomic E-state index is 10.4. The summed E-state index contributed by atoms with van der Waals surface area (Å²) in [4.78, 5) is 9.82. The van der Waals surface area contributed by atoms with E-state index in [4.69, 9.17) is 29.0 Å². The van der Waals surface area contributed by atoms with Gasteiger partial charge < -0.3 is 5.84 Å². The molecular formula is C7H5Cl2N3O2. The Kier molecular flexibility index (Phi) is 3.27. The summed E-state index contributed by atoms with van der Waals surface area (Å²) in [5.41, 5.74) is 0.190. The van der Waals surface area contributed by atoms with E-state index >= 15 is 0 Å². The Hall–Kier alpha value is -1.33. The molecule has 5 nitrogen and oxygen atoms in total. The van der Waals surface area contributed by atoms with Crippen LogP contribution in [0.5, 0.6) is 0 Å². The number of hydrogen-bond donors (Lipinski definition) is 1. The van der Waals surface area contributed by atoms with Gasteiger partial charge in [-0.15, -0.1) is 0 Å². The molecule has 0 spiro atoms. The fraction of sp³-hybridized carbons (Fsp3) is 0. The molecule has 1 aromatic rings. The Morgan fingerprint density at radius 3 is 2.29 bits per heavy atom. The van der Waals surface area contributed by atoms with E-state index in [1.807, 2.05) is 0 Å². The molecule has 0 aliphatic rings. The predicted octanol–water partition coefficient (Wildman–Crippen LogP) is 2.19. The molecule has 2 N–H and O–H groups in total. The van der Waals surface area contributed by atoms with Crippen LogP contribution in [0.3, 0.4) is 0 Å². The van der Waals surface area contributed by atoms with Crippen molar-refractivity contribution in [2.24, 2.45) is 10.9 Å². The number of benzene rings is 1. The Morgan fingerprint density at radius 1 is 1.43 bits per heavy atom. The van der Waals surface area contributed by atoms with E-state index in [2.05, 4.69) is 5.10 Å². The van der Waals surface area contributed by atoms with Crippen molar-refractivity contribution < 1.29 is 4.92 Å². The Morgan fingerprint density at radius 2 is 1.93 bits per heavy atom. The summed E-state index contributed by atoms with van der Waals surface area (Å²) >= 11 is 11.4. The van der Waals surface area contributed by atoms with Gasteiger partial charge in [-0.1, -0.05) is 23.2 Å². The number of non-ortho nitro benzene ring substituents is 1. The average molecular weight is 234 g/mol. The normalized spacial score (nSPS) is 10.7. The molecular weight excluding hydrogens is 229 g/mol. The van der Waals surface area contributed by atoms with Crippen LogP contribution in [-0.4, -0.2) is 11.1 Å². The lowest BCUT2D eigenvalue weighted by Crippen LogP contribution is -1.93. The van der Waals surface area contributed by atoms with Gasteiger partial charge in [0.15, 0.2) is 0 Å². The first-order valence-corrected chi connectivity index (χ1v) is 4.18. The van der Waals surface area contributed by atoms with Gasteiger partial charge in [-0.05, 0) is 0 Å². The third-order valence-corrected chi connectivity index (χ3v) is 2.10. The van der Waals surface area contributed by atoms with Crippen molar-refractivity contribution in [1.29, 1.82) is 0 Å². The van der Waals surface area contributed by atoms with Crippen LogP contribution in [0.4, 0.5) is 5.69 Å². The van der Waals surface area contributed by atoms with Gasteiger partial charge in [0.05, 0.1) is 21.2 Å². The van der Waals surface area contributed by atoms with E-state index in [1.54, 1.807) is 0 Å². The van der Waals surface area contributed by atoms with Crippen LogP contribution in [0, 0.1) is 10.1 Å². The fourth-order valence-corrected chi connectivity index (χ4v) is 1.45. The highest BCUT2D eigenvalue weighted by molar-refractivity contribution is 6.39. The van der Waals surface area contributed by atoms with E-state index in [1.165, 1.54) is 18.3 Å². The second-order valence-corrected chi connectivity index (χ2v) is 3.17. The summed E-state index contributed by atoms with van der Waals surface area (Å²) in [5, 5.41) is 13.9. The average Bonchev–Trinajstić information content (AvgIpc) is 2.10. The van der Waals surface area contributed by atoms with E-state index in [-0.39, 0.29) is 15.7 Å². The number of nitro groups is 1. The molecule has 0 saturated carbocycles. The lowest BCUT2D eigenvalue weighted by molar-refractivity contribution is -0.384. The molecule has 0 fully saturated rings. The molecule has 14 heavy (non-hydrogen) atoms. The van der Waals surface area contributed by atoms with Gasteiger partial charge in [0, 0.05) is 17.7 Å². The van der Waals surface area contributed by atoms with Crippen LogP contribution < -0.4 is 5.84 Å². The lowest BCUT2D eigenvalue weighted by atomic mass is 10.2. The lowest BCUT2D eigenvalue weighted by Gasteiger charge is -2.00. The molecule has 0 aliphatic heterocycles. The Labute approximate surface area is 89.3 Å². The number of halogens is 2. The Bertz CT molecular complexity index is 383. The quantitative estimate of drug-likeness (QED) is 0.368. The predicted molar refractivity (Wildman–Crippen MR) is 54.9 cm³/mol. The summed E-state index contributed by atoms with van der Waals surface area (Å²) in [6.07, 6.45) is 1.23. The molecule has 0 aliphatic carbocycles. The van der Waals surface area contributed by atoms with Crippen molar-refractivity contribution in [3.05, 3.63) is 37.9 Å². The van der Waals surface area contributed by atoms with Gasteiger partial charge in [-0.25, -0.2) is 0 Å². The van der Waals surface area contributed by atoms with Gasteiger partial charge in [0.1, 0.15) is 0 Å². The third-order valence-electron chi connectivity index (χ3n) is 1.48. The highest BCUT2D eigenvalue weighted by atomic mass is 35.5. The van der Waals surface area contributed by atoms with Gasteiger partial charge >= 0.3 is 0 Å². The monoisotopic (exact) mass is 233 g/mol. The standard InChI is InChI=1S/C7H5Cl2N3O2/c8-6-1-4(12(13)14)2-7(9)5(6)3-11-10/h1-3H,10H2. The molecule has 1 rings (SSSR count). The van der Waals surface area contributed by atoms with E-state index in [0.29, 0.717) is 5.56 Å². The first kappa shape index (κ1) is 10.7. The maximum absolute atomic E-state index is 10.4. The molecule has 74 valence electrons. The van der Waals surface area contributed by atoms with Crippen LogP contribution in [0.2, 0.25) is 10.0 Å². The summed E-state index contributed by atoms with van der Waals surface area (Å²) in [7, 11) is 0. The molecule has 0 radical (unpaired) electrons. The molecule has 0 saturated heterocycles. The van der Waals surface area contributed by atoms with Crippen LogP contribution in [0.15, 0.2) is 17.2 Å². The molecule has 0 bridgehead atoms. The highest BCUT2D eigenvalue weighted by Gasteiger charge is 2.12. The van der Waals surface area contributed by atoms with E-state index < -0.39 is 4.92 Å². The van der Waals surface area contributed by atoms with Crippen LogP contribution >= 0.6 is 23.2 Å². The summed E-state index contributed by atoms with van der Waals surface area (Å²) in [6.45, 7) is 0. The Balaban J connectivity index is 3.32. The molecule has 0 unspecified atom stereocenters. The molecule has 0 heterocycles. The van der Waals surface area contributed by atoms with Crippen molar-refractivity contribution in [3.8, 4) is 0 Å². The number of nitro benzene ring substituents is 1. The third kappa shape index (κ3) is 2.12. The van der Waals surface area contributed by atoms with Crippen molar-refractivity contribution in [3.63, 3.8) is 0 Å². The zero-order chi connectivity index (χ0) is 10.7. The van der Waals surface area contributed by atoms with Crippen molar-refractivity contribution in [1.82, 2.24) is 0 Å². The summed E-state index contributed by atoms with van der Waals surface area (Å²) in [6, 6.07) is 2.37. The minimum atomic E-state index is -0.582.